The second kappa shape index (κ2) is 16.1. The lowest BCUT2D eigenvalue weighted by molar-refractivity contribution is -0.0310. The highest BCUT2D eigenvalue weighted by atomic mass is 16.4. The lowest BCUT2D eigenvalue weighted by Gasteiger charge is -2.44. The molecule has 0 heterocycles. The number of aliphatic hydroxyl groups excluding tert-OH is 2. The van der Waals surface area contributed by atoms with E-state index in [1.807, 2.05) is 95.9 Å². The number of hydrogen-bond donors (Lipinski definition) is 4. The number of carbonyl (C=O) groups is 2. The topological polar surface area (TPSA) is 125 Å². The maximum Gasteiger partial charge on any atom is 0.408 e. The van der Waals surface area contributed by atoms with E-state index in [1.165, 1.54) is 9.80 Å². The molecule has 4 N–H and O–H groups in total. The largest absolute Gasteiger partial charge is 0.465 e. The molecule has 0 aromatic heterocycles. The third-order valence-corrected chi connectivity index (χ3v) is 8.12. The Balaban J connectivity index is 2.00. The van der Waals surface area contributed by atoms with Gasteiger partial charge in [0.2, 0.25) is 0 Å². The first kappa shape index (κ1) is 36.5. The Morgan fingerprint density at radius 2 is 0.870 bits per heavy atom. The minimum Gasteiger partial charge on any atom is -0.465 e. The molecule has 0 fully saturated rings. The van der Waals surface area contributed by atoms with Crippen LogP contribution in [0.25, 0.3) is 0 Å². The second-order valence-corrected chi connectivity index (χ2v) is 14.0. The third-order valence-electron chi connectivity index (χ3n) is 8.12. The lowest BCUT2D eigenvalue weighted by Crippen LogP contribution is -2.60. The summed E-state index contributed by atoms with van der Waals surface area (Å²) < 4.78 is 0. The molecule has 0 spiro atoms. The van der Waals surface area contributed by atoms with Crippen molar-refractivity contribution in [3.05, 3.63) is 108 Å². The van der Waals surface area contributed by atoms with Crippen molar-refractivity contribution in [2.45, 2.75) is 96.3 Å². The molecule has 0 aliphatic rings. The fourth-order valence-electron chi connectivity index (χ4n) is 6.18. The number of aliphatic hydroxyl groups is 2. The van der Waals surface area contributed by atoms with E-state index in [2.05, 4.69) is 0 Å². The smallest absolute Gasteiger partial charge is 0.408 e. The Bertz CT molecular complexity index is 1270. The highest BCUT2D eigenvalue weighted by Gasteiger charge is 2.40. The minimum atomic E-state index is -1.13. The van der Waals surface area contributed by atoms with E-state index >= 15 is 0 Å². The molecule has 0 radical (unpaired) electrons. The normalized spacial score (nSPS) is 14.7. The molecule has 0 aliphatic carbocycles. The molecule has 2 amide bonds. The van der Waals surface area contributed by atoms with Crippen LogP contribution < -0.4 is 0 Å². The quantitative estimate of drug-likeness (QED) is 0.172. The zero-order valence-corrected chi connectivity index (χ0v) is 28.0. The highest BCUT2D eigenvalue weighted by molar-refractivity contribution is 5.67. The van der Waals surface area contributed by atoms with Gasteiger partial charge in [0.05, 0.1) is 24.3 Å². The van der Waals surface area contributed by atoms with Crippen LogP contribution in [-0.2, 0) is 19.4 Å². The van der Waals surface area contributed by atoms with E-state index in [-0.39, 0.29) is 13.1 Å². The van der Waals surface area contributed by atoms with E-state index in [9.17, 15) is 30.0 Å². The number of benzene rings is 3. The number of carboxylic acid groups (broad SMARTS) is 2. The highest BCUT2D eigenvalue weighted by Crippen LogP contribution is 2.26. The zero-order chi connectivity index (χ0) is 34.1. The molecule has 4 atom stereocenters. The molecule has 250 valence electrons. The van der Waals surface area contributed by atoms with Crippen molar-refractivity contribution in [3.63, 3.8) is 0 Å². The number of hydrogen-bond acceptors (Lipinski definition) is 5. The third kappa shape index (κ3) is 10.6. The molecular formula is C37H51N3O6. The van der Waals surface area contributed by atoms with E-state index in [0.29, 0.717) is 19.4 Å². The van der Waals surface area contributed by atoms with E-state index in [0.717, 1.165) is 16.7 Å². The summed E-state index contributed by atoms with van der Waals surface area (Å²) in [6, 6.07) is 27.0. The van der Waals surface area contributed by atoms with Gasteiger partial charge in [-0.1, -0.05) is 91.0 Å². The standard InChI is InChI=1S/C37H51N3O6/c1-36(2,3)39(34(43)44)30(22-27-16-10-7-11-17-27)32(41)25-38(24-29-20-14-9-15-21-29)26-33(42)31(23-28-18-12-8-13-19-28)40(35(45)46)37(4,5)6/h7-21,30-33,41-42H,22-26H2,1-6H3,(H,43,44)(H,45,46)/t30-,31-,32?,33?/m0/s1. The summed E-state index contributed by atoms with van der Waals surface area (Å²) >= 11 is 0. The van der Waals surface area contributed by atoms with Gasteiger partial charge in [-0.2, -0.15) is 0 Å². The molecule has 3 aromatic carbocycles. The fraction of sp³-hybridized carbons (Fsp3) is 0.459. The Kier molecular flexibility index (Phi) is 12.8. The van der Waals surface area contributed by atoms with Gasteiger partial charge in [0.1, 0.15) is 0 Å². The molecule has 0 aliphatic heterocycles. The Morgan fingerprint density at radius 3 is 1.15 bits per heavy atom. The van der Waals surface area contributed by atoms with Gasteiger partial charge in [-0.25, -0.2) is 9.59 Å². The summed E-state index contributed by atoms with van der Waals surface area (Å²) in [4.78, 5) is 29.8. The van der Waals surface area contributed by atoms with Crippen LogP contribution in [0.2, 0.25) is 0 Å². The molecular weight excluding hydrogens is 582 g/mol. The summed E-state index contributed by atoms with van der Waals surface area (Å²) in [7, 11) is 0. The summed E-state index contributed by atoms with van der Waals surface area (Å²) in [5, 5.41) is 44.4. The molecule has 3 aromatic rings. The van der Waals surface area contributed by atoms with Gasteiger partial charge in [0, 0.05) is 30.7 Å². The number of rotatable bonds is 14. The number of amides is 2. The predicted octanol–water partition coefficient (Wildman–Crippen LogP) is 5.99. The first-order valence-electron chi connectivity index (χ1n) is 15.8. The first-order valence-corrected chi connectivity index (χ1v) is 15.8. The number of nitrogens with zero attached hydrogens (tertiary/aromatic N) is 3. The van der Waals surface area contributed by atoms with Crippen LogP contribution in [0.1, 0.15) is 58.2 Å². The Labute approximate surface area is 273 Å². The summed E-state index contributed by atoms with van der Waals surface area (Å²) in [6.07, 6.45) is -3.93. The van der Waals surface area contributed by atoms with Crippen molar-refractivity contribution < 1.29 is 30.0 Å². The van der Waals surface area contributed by atoms with Crippen molar-refractivity contribution >= 4 is 12.2 Å². The molecule has 0 bridgehead atoms. The molecule has 9 nitrogen and oxygen atoms in total. The van der Waals surface area contributed by atoms with E-state index in [1.54, 1.807) is 41.5 Å². The molecule has 3 rings (SSSR count). The van der Waals surface area contributed by atoms with Crippen molar-refractivity contribution in [2.75, 3.05) is 13.1 Å². The van der Waals surface area contributed by atoms with Crippen LogP contribution in [0.15, 0.2) is 91.0 Å². The summed E-state index contributed by atoms with van der Waals surface area (Å²) in [5.74, 6) is 0. The average molecular weight is 634 g/mol. The monoisotopic (exact) mass is 633 g/mol. The van der Waals surface area contributed by atoms with E-state index in [4.69, 9.17) is 0 Å². The average Bonchev–Trinajstić information content (AvgIpc) is 2.96. The van der Waals surface area contributed by atoms with Crippen LogP contribution in [0.4, 0.5) is 9.59 Å². The van der Waals surface area contributed by atoms with Crippen LogP contribution in [-0.4, -0.2) is 95.8 Å². The Hall–Kier alpha value is -3.92. The van der Waals surface area contributed by atoms with Gasteiger partial charge in [-0.05, 0) is 71.1 Å². The van der Waals surface area contributed by atoms with E-state index < -0.39 is 47.6 Å². The molecule has 46 heavy (non-hydrogen) atoms. The van der Waals surface area contributed by atoms with Gasteiger partial charge in [0.25, 0.3) is 0 Å². The lowest BCUT2D eigenvalue weighted by atomic mass is 9.93. The van der Waals surface area contributed by atoms with Crippen LogP contribution >= 0.6 is 0 Å². The SMILES string of the molecule is CC(C)(C)N(C(=O)O)[C@@H](Cc1ccccc1)C(O)CN(Cc1ccccc1)CC(O)[C@H](Cc1ccccc1)N(C(=O)O)C(C)(C)C. The minimum absolute atomic E-state index is 0.0456. The van der Waals surface area contributed by atoms with Gasteiger partial charge in [-0.15, -0.1) is 0 Å². The second-order valence-electron chi connectivity index (χ2n) is 14.0. The summed E-state index contributed by atoms with van der Waals surface area (Å²) in [5.41, 5.74) is 1.12. The van der Waals surface area contributed by atoms with Gasteiger partial charge >= 0.3 is 12.2 Å². The molecule has 0 saturated heterocycles. The van der Waals surface area contributed by atoms with Crippen LogP contribution in [0.5, 0.6) is 0 Å². The fourth-order valence-corrected chi connectivity index (χ4v) is 6.18. The molecule has 2 unspecified atom stereocenters. The predicted molar refractivity (Wildman–Crippen MR) is 181 cm³/mol. The zero-order valence-electron chi connectivity index (χ0n) is 28.0. The molecule has 0 saturated carbocycles. The van der Waals surface area contributed by atoms with Gasteiger partial charge < -0.3 is 20.4 Å². The van der Waals surface area contributed by atoms with Gasteiger partial charge in [-0.3, -0.25) is 14.7 Å². The van der Waals surface area contributed by atoms with Crippen molar-refractivity contribution in [1.82, 2.24) is 14.7 Å². The van der Waals surface area contributed by atoms with Crippen LogP contribution in [0.3, 0.4) is 0 Å². The van der Waals surface area contributed by atoms with Crippen molar-refractivity contribution in [3.8, 4) is 0 Å². The van der Waals surface area contributed by atoms with Gasteiger partial charge in [0.15, 0.2) is 0 Å². The Morgan fingerprint density at radius 1 is 0.565 bits per heavy atom. The first-order chi connectivity index (χ1) is 21.6. The van der Waals surface area contributed by atoms with Crippen LogP contribution in [0, 0.1) is 0 Å². The summed E-state index contributed by atoms with van der Waals surface area (Å²) in [6.45, 7) is 11.3. The maximum absolute atomic E-state index is 12.6. The maximum atomic E-state index is 12.6. The van der Waals surface area contributed by atoms with Crippen molar-refractivity contribution in [1.29, 1.82) is 0 Å². The molecule has 9 heteroatoms. The van der Waals surface area contributed by atoms with Crippen molar-refractivity contribution in [2.24, 2.45) is 0 Å².